The molecule has 2 aromatic rings. The molecule has 1 fully saturated rings. The fraction of sp³-hybridized carbons (Fsp3) is 0.571. The molecule has 1 aromatic heterocycles. The van der Waals surface area contributed by atoms with E-state index < -0.39 is 15.6 Å². The molecule has 1 aromatic carbocycles. The molecule has 30 heavy (non-hydrogen) atoms. The number of hydrogen-bond donors (Lipinski definition) is 1. The number of hydrogen-bond acceptors (Lipinski definition) is 6. The van der Waals surface area contributed by atoms with E-state index in [1.54, 1.807) is 39.8 Å². The third-order valence-corrected chi connectivity index (χ3v) is 7.98. The van der Waals surface area contributed by atoms with Gasteiger partial charge in [-0.05, 0) is 37.5 Å². The molecular weight excluding hydrogens is 404 g/mol. The first-order valence-electron chi connectivity index (χ1n) is 10.5. The van der Waals surface area contributed by atoms with Gasteiger partial charge in [0.2, 0.25) is 15.9 Å². The highest BCUT2D eigenvalue weighted by Crippen LogP contribution is 2.36. The topological polar surface area (TPSA) is 105 Å². The van der Waals surface area contributed by atoms with Crippen LogP contribution in [0.1, 0.15) is 73.6 Å². The highest BCUT2D eigenvalue weighted by molar-refractivity contribution is 7.89. The molecule has 0 atom stereocenters. The van der Waals surface area contributed by atoms with Crippen LogP contribution in [0.2, 0.25) is 0 Å². The third kappa shape index (κ3) is 4.27. The average molecular weight is 435 g/mol. The van der Waals surface area contributed by atoms with Crippen molar-refractivity contribution in [2.24, 2.45) is 0 Å². The molecule has 164 valence electrons. The SMILES string of the molecule is CCN(CC)S(=O)(=O)c1cc(C(=O)NC2(c3noc(C)n3)CCCCC2)ccc1C. The fourth-order valence-electron chi connectivity index (χ4n) is 4.06. The van der Waals surface area contributed by atoms with E-state index in [0.717, 1.165) is 19.3 Å². The van der Waals surface area contributed by atoms with Gasteiger partial charge in [0.15, 0.2) is 5.82 Å². The monoisotopic (exact) mass is 434 g/mol. The van der Waals surface area contributed by atoms with Gasteiger partial charge in [-0.25, -0.2) is 8.42 Å². The number of carbonyl (C=O) groups excluding carboxylic acids is 1. The number of nitrogens with zero attached hydrogens (tertiary/aromatic N) is 3. The number of carbonyl (C=O) groups is 1. The van der Waals surface area contributed by atoms with Gasteiger partial charge in [0.1, 0.15) is 5.54 Å². The van der Waals surface area contributed by atoms with Crippen LogP contribution in [0.25, 0.3) is 0 Å². The molecule has 9 heteroatoms. The van der Waals surface area contributed by atoms with Crippen molar-refractivity contribution in [3.8, 4) is 0 Å². The van der Waals surface area contributed by atoms with Crippen LogP contribution in [0, 0.1) is 13.8 Å². The molecule has 0 unspecified atom stereocenters. The predicted molar refractivity (Wildman–Crippen MR) is 113 cm³/mol. The zero-order chi connectivity index (χ0) is 21.9. The summed E-state index contributed by atoms with van der Waals surface area (Å²) in [5, 5.41) is 7.17. The Morgan fingerprint density at radius 2 is 1.83 bits per heavy atom. The van der Waals surface area contributed by atoms with E-state index in [1.807, 2.05) is 0 Å². The molecule has 1 saturated carbocycles. The number of aromatic nitrogens is 2. The van der Waals surface area contributed by atoms with E-state index in [-0.39, 0.29) is 10.8 Å². The van der Waals surface area contributed by atoms with Gasteiger partial charge in [0.05, 0.1) is 4.90 Å². The molecule has 0 aliphatic heterocycles. The molecule has 8 nitrogen and oxygen atoms in total. The second kappa shape index (κ2) is 8.85. The van der Waals surface area contributed by atoms with Crippen LogP contribution in [0.15, 0.2) is 27.6 Å². The molecule has 1 aliphatic carbocycles. The number of aryl methyl sites for hydroxylation is 2. The molecule has 0 radical (unpaired) electrons. The van der Waals surface area contributed by atoms with Crippen LogP contribution in [0.3, 0.4) is 0 Å². The Balaban J connectivity index is 1.95. The number of rotatable bonds is 7. The summed E-state index contributed by atoms with van der Waals surface area (Å²) in [6.45, 7) is 7.80. The van der Waals surface area contributed by atoms with Crippen LogP contribution >= 0.6 is 0 Å². The Bertz CT molecular complexity index is 1010. The Morgan fingerprint density at radius 1 is 1.17 bits per heavy atom. The van der Waals surface area contributed by atoms with Crippen molar-refractivity contribution in [3.63, 3.8) is 0 Å². The van der Waals surface area contributed by atoms with E-state index in [2.05, 4.69) is 15.5 Å². The minimum absolute atomic E-state index is 0.159. The maximum atomic E-state index is 13.2. The molecule has 0 bridgehead atoms. The van der Waals surface area contributed by atoms with Gasteiger partial charge in [-0.15, -0.1) is 0 Å². The lowest BCUT2D eigenvalue weighted by Gasteiger charge is -2.35. The maximum absolute atomic E-state index is 13.2. The van der Waals surface area contributed by atoms with Gasteiger partial charge in [-0.2, -0.15) is 9.29 Å². The summed E-state index contributed by atoms with van der Waals surface area (Å²) < 4.78 is 32.6. The van der Waals surface area contributed by atoms with Crippen LogP contribution in [-0.4, -0.2) is 41.9 Å². The summed E-state index contributed by atoms with van der Waals surface area (Å²) >= 11 is 0. The molecule has 0 saturated heterocycles. The van der Waals surface area contributed by atoms with Crippen molar-refractivity contribution in [1.82, 2.24) is 19.8 Å². The summed E-state index contributed by atoms with van der Waals surface area (Å²) in [5.74, 6) is 0.596. The van der Waals surface area contributed by atoms with Crippen molar-refractivity contribution < 1.29 is 17.7 Å². The Morgan fingerprint density at radius 3 is 2.40 bits per heavy atom. The summed E-state index contributed by atoms with van der Waals surface area (Å²) in [5.41, 5.74) is 0.215. The fourth-order valence-corrected chi connectivity index (χ4v) is 5.77. The van der Waals surface area contributed by atoms with E-state index >= 15 is 0 Å². The summed E-state index contributed by atoms with van der Waals surface area (Å²) in [6, 6.07) is 4.80. The van der Waals surface area contributed by atoms with Gasteiger partial charge in [0, 0.05) is 25.6 Å². The number of benzene rings is 1. The first kappa shape index (κ1) is 22.4. The predicted octanol–water partition coefficient (Wildman–Crippen LogP) is 3.31. The first-order valence-corrected chi connectivity index (χ1v) is 11.9. The molecule has 3 rings (SSSR count). The van der Waals surface area contributed by atoms with Crippen molar-refractivity contribution in [2.75, 3.05) is 13.1 Å². The molecule has 1 heterocycles. The summed E-state index contributed by atoms with van der Waals surface area (Å²) in [6.07, 6.45) is 4.42. The van der Waals surface area contributed by atoms with Crippen molar-refractivity contribution >= 4 is 15.9 Å². The second-order valence-corrected chi connectivity index (χ2v) is 9.71. The minimum atomic E-state index is -3.67. The number of sulfonamides is 1. The van der Waals surface area contributed by atoms with Gasteiger partial charge >= 0.3 is 0 Å². The molecule has 1 amide bonds. The Kier molecular flexibility index (Phi) is 6.62. The van der Waals surface area contributed by atoms with Crippen LogP contribution in [0.4, 0.5) is 0 Å². The zero-order valence-electron chi connectivity index (χ0n) is 18.1. The standard InChI is InChI=1S/C21H30N4O4S/c1-5-25(6-2)30(27,28)18-14-17(11-10-15(18)3)19(26)23-21(12-8-7-9-13-21)20-22-16(4)29-24-20/h10-11,14H,5-9,12-13H2,1-4H3,(H,23,26). The highest BCUT2D eigenvalue weighted by atomic mass is 32.2. The first-order chi connectivity index (χ1) is 14.2. The van der Waals surface area contributed by atoms with Crippen LogP contribution in [-0.2, 0) is 15.6 Å². The quantitative estimate of drug-likeness (QED) is 0.717. The third-order valence-electron chi connectivity index (χ3n) is 5.79. The lowest BCUT2D eigenvalue weighted by molar-refractivity contribution is 0.0855. The number of amides is 1. The number of nitrogens with one attached hydrogen (secondary N) is 1. The second-order valence-electron chi connectivity index (χ2n) is 7.80. The smallest absolute Gasteiger partial charge is 0.252 e. The normalized spacial score (nSPS) is 16.6. The average Bonchev–Trinajstić information content (AvgIpc) is 3.16. The zero-order valence-corrected chi connectivity index (χ0v) is 18.9. The van der Waals surface area contributed by atoms with Gasteiger partial charge in [-0.3, -0.25) is 4.79 Å². The van der Waals surface area contributed by atoms with Gasteiger partial charge in [-0.1, -0.05) is 44.3 Å². The minimum Gasteiger partial charge on any atom is -0.340 e. The Labute approximate surface area is 178 Å². The lowest BCUT2D eigenvalue weighted by atomic mass is 9.80. The van der Waals surface area contributed by atoms with Gasteiger partial charge in [0.25, 0.3) is 5.91 Å². The van der Waals surface area contributed by atoms with Crippen molar-refractivity contribution in [1.29, 1.82) is 0 Å². The highest BCUT2D eigenvalue weighted by Gasteiger charge is 2.40. The van der Waals surface area contributed by atoms with E-state index in [0.29, 0.717) is 48.8 Å². The van der Waals surface area contributed by atoms with E-state index in [1.165, 1.54) is 10.4 Å². The maximum Gasteiger partial charge on any atom is 0.252 e. The van der Waals surface area contributed by atoms with Crippen LogP contribution < -0.4 is 5.32 Å². The lowest BCUT2D eigenvalue weighted by Crippen LogP contribution is -2.48. The molecule has 1 N–H and O–H groups in total. The summed E-state index contributed by atoms with van der Waals surface area (Å²) in [7, 11) is -3.67. The molecule has 1 aliphatic rings. The Hall–Kier alpha value is -2.26. The van der Waals surface area contributed by atoms with Crippen molar-refractivity contribution in [2.45, 2.75) is 70.2 Å². The van der Waals surface area contributed by atoms with E-state index in [4.69, 9.17) is 4.52 Å². The van der Waals surface area contributed by atoms with Gasteiger partial charge < -0.3 is 9.84 Å². The molecule has 0 spiro atoms. The van der Waals surface area contributed by atoms with Crippen molar-refractivity contribution in [3.05, 3.63) is 41.0 Å². The molecular formula is C21H30N4O4S. The summed E-state index contributed by atoms with van der Waals surface area (Å²) in [4.78, 5) is 17.7. The van der Waals surface area contributed by atoms with Crippen LogP contribution in [0.5, 0.6) is 0 Å². The van der Waals surface area contributed by atoms with E-state index in [9.17, 15) is 13.2 Å². The largest absolute Gasteiger partial charge is 0.340 e.